The lowest BCUT2D eigenvalue weighted by Gasteiger charge is -1.99. The Morgan fingerprint density at radius 3 is 1.74 bits per heavy atom. The quantitative estimate of drug-likeness (QED) is 0.636. The molecule has 0 unspecified atom stereocenters. The van der Waals surface area contributed by atoms with Crippen LogP contribution in [0.2, 0.25) is 0 Å². The first kappa shape index (κ1) is 14.7. The maximum absolute atomic E-state index is 9.13. The molecule has 0 atom stereocenters. The molecule has 0 aliphatic rings. The van der Waals surface area contributed by atoms with Crippen LogP contribution in [0.1, 0.15) is 18.1 Å². The molecule has 0 radical (unpaired) electrons. The van der Waals surface area contributed by atoms with E-state index in [1.165, 1.54) is 18.2 Å². The lowest BCUT2D eigenvalue weighted by Crippen LogP contribution is -1.79. The molecule has 0 fully saturated rings. The van der Waals surface area contributed by atoms with Crippen molar-refractivity contribution in [1.29, 1.82) is 0 Å². The summed E-state index contributed by atoms with van der Waals surface area (Å²) in [6.07, 6.45) is 0.784. The Morgan fingerprint density at radius 1 is 0.789 bits per heavy atom. The summed E-state index contributed by atoms with van der Waals surface area (Å²) in [5, 5.41) is 35.7. The van der Waals surface area contributed by atoms with Gasteiger partial charge in [0.2, 0.25) is 0 Å². The van der Waals surface area contributed by atoms with E-state index in [2.05, 4.69) is 0 Å². The topological polar surface area (TPSA) is 80.9 Å². The number of phenolic OH excluding ortho intramolecular Hbond substituents is 4. The first-order chi connectivity index (χ1) is 8.93. The van der Waals surface area contributed by atoms with Crippen molar-refractivity contribution in [2.45, 2.75) is 20.3 Å². The van der Waals surface area contributed by atoms with Crippen LogP contribution in [0.4, 0.5) is 0 Å². The van der Waals surface area contributed by atoms with Crippen molar-refractivity contribution >= 4 is 0 Å². The third-order valence-electron chi connectivity index (χ3n) is 2.64. The summed E-state index contributed by atoms with van der Waals surface area (Å²) < 4.78 is 0. The smallest absolute Gasteiger partial charge is 0.122 e. The van der Waals surface area contributed by atoms with Gasteiger partial charge in [-0.05, 0) is 36.6 Å². The van der Waals surface area contributed by atoms with E-state index in [1.54, 1.807) is 25.1 Å². The molecule has 0 spiro atoms. The van der Waals surface area contributed by atoms with Crippen LogP contribution < -0.4 is 0 Å². The highest BCUT2D eigenvalue weighted by Crippen LogP contribution is 2.22. The van der Waals surface area contributed by atoms with Gasteiger partial charge >= 0.3 is 0 Å². The van der Waals surface area contributed by atoms with E-state index in [4.69, 9.17) is 20.4 Å². The van der Waals surface area contributed by atoms with Gasteiger partial charge in [0.25, 0.3) is 0 Å². The second-order valence-corrected chi connectivity index (χ2v) is 4.14. The molecule has 4 nitrogen and oxygen atoms in total. The maximum Gasteiger partial charge on any atom is 0.122 e. The number of hydrogen-bond acceptors (Lipinski definition) is 4. The fourth-order valence-electron chi connectivity index (χ4n) is 1.45. The van der Waals surface area contributed by atoms with Crippen LogP contribution in [-0.4, -0.2) is 20.4 Å². The lowest BCUT2D eigenvalue weighted by molar-refractivity contribution is 0.446. The number of hydrogen-bond donors (Lipinski definition) is 4. The van der Waals surface area contributed by atoms with Crippen molar-refractivity contribution in [3.63, 3.8) is 0 Å². The first-order valence-corrected chi connectivity index (χ1v) is 5.93. The van der Waals surface area contributed by atoms with Gasteiger partial charge < -0.3 is 20.4 Å². The molecule has 0 aliphatic carbocycles. The van der Waals surface area contributed by atoms with E-state index in [0.717, 1.165) is 17.5 Å². The third-order valence-corrected chi connectivity index (χ3v) is 2.64. The van der Waals surface area contributed by atoms with Crippen molar-refractivity contribution in [1.82, 2.24) is 0 Å². The van der Waals surface area contributed by atoms with Crippen LogP contribution in [-0.2, 0) is 6.42 Å². The summed E-state index contributed by atoms with van der Waals surface area (Å²) >= 11 is 0. The Bertz CT molecular complexity index is 550. The molecular formula is C15H18O4. The zero-order valence-corrected chi connectivity index (χ0v) is 11.0. The number of aromatic hydroxyl groups is 4. The van der Waals surface area contributed by atoms with E-state index in [9.17, 15) is 0 Å². The standard InChI is InChI=1S/C8H10O2.C7H8O2/c1-2-6-3-4-7(9)5-8(6)10;1-5-2-3-6(8)4-7(5)9/h3-5,9-10H,2H2,1H3;2-4,8-9H,1H3. The van der Waals surface area contributed by atoms with Crippen LogP contribution >= 0.6 is 0 Å². The van der Waals surface area contributed by atoms with Gasteiger partial charge in [0.15, 0.2) is 0 Å². The molecule has 2 aromatic carbocycles. The van der Waals surface area contributed by atoms with Crippen LogP contribution in [0.15, 0.2) is 36.4 Å². The molecule has 19 heavy (non-hydrogen) atoms. The zero-order valence-electron chi connectivity index (χ0n) is 11.0. The predicted octanol–water partition coefficient (Wildman–Crippen LogP) is 3.07. The van der Waals surface area contributed by atoms with E-state index >= 15 is 0 Å². The second-order valence-electron chi connectivity index (χ2n) is 4.14. The monoisotopic (exact) mass is 262 g/mol. The Morgan fingerprint density at radius 2 is 1.32 bits per heavy atom. The van der Waals surface area contributed by atoms with Gasteiger partial charge in [-0.15, -0.1) is 0 Å². The van der Waals surface area contributed by atoms with Crippen LogP contribution in [0, 0.1) is 6.92 Å². The molecule has 0 heterocycles. The summed E-state index contributed by atoms with van der Waals surface area (Å²) in [7, 11) is 0. The lowest BCUT2D eigenvalue weighted by atomic mass is 10.1. The largest absolute Gasteiger partial charge is 0.508 e. The fourth-order valence-corrected chi connectivity index (χ4v) is 1.45. The summed E-state index contributed by atoms with van der Waals surface area (Å²) in [5.74, 6) is 0.505. The zero-order chi connectivity index (χ0) is 14.4. The highest BCUT2D eigenvalue weighted by Gasteiger charge is 1.97. The molecule has 0 saturated carbocycles. The molecule has 0 aromatic heterocycles. The number of aryl methyl sites for hydroxylation is 2. The third kappa shape index (κ3) is 4.43. The van der Waals surface area contributed by atoms with Crippen LogP contribution in [0.25, 0.3) is 0 Å². The molecule has 0 aliphatic heterocycles. The molecule has 4 heteroatoms. The molecular weight excluding hydrogens is 244 g/mol. The van der Waals surface area contributed by atoms with E-state index in [1.807, 2.05) is 6.92 Å². The normalized spacial score (nSPS) is 9.58. The van der Waals surface area contributed by atoms with Crippen molar-refractivity contribution in [3.05, 3.63) is 47.5 Å². The van der Waals surface area contributed by atoms with Gasteiger partial charge in [-0.3, -0.25) is 0 Å². The SMILES string of the molecule is CCc1ccc(O)cc1O.Cc1ccc(O)cc1O. The first-order valence-electron chi connectivity index (χ1n) is 5.93. The summed E-state index contributed by atoms with van der Waals surface area (Å²) in [6.45, 7) is 3.72. The van der Waals surface area contributed by atoms with E-state index in [0.29, 0.717) is 0 Å². The van der Waals surface area contributed by atoms with Gasteiger partial charge in [0.1, 0.15) is 23.0 Å². The van der Waals surface area contributed by atoms with Crippen molar-refractivity contribution < 1.29 is 20.4 Å². The van der Waals surface area contributed by atoms with Crippen molar-refractivity contribution in [3.8, 4) is 23.0 Å². The highest BCUT2D eigenvalue weighted by atomic mass is 16.3. The van der Waals surface area contributed by atoms with Crippen LogP contribution in [0.5, 0.6) is 23.0 Å². The summed E-state index contributed by atoms with van der Waals surface area (Å²) in [6, 6.07) is 9.14. The molecule has 4 N–H and O–H groups in total. The molecule has 0 bridgehead atoms. The molecule has 2 rings (SSSR count). The van der Waals surface area contributed by atoms with Crippen molar-refractivity contribution in [2.24, 2.45) is 0 Å². The highest BCUT2D eigenvalue weighted by molar-refractivity contribution is 5.39. The Kier molecular flexibility index (Phi) is 5.06. The Hall–Kier alpha value is -2.36. The van der Waals surface area contributed by atoms with Gasteiger partial charge in [0.05, 0.1) is 0 Å². The molecule has 0 saturated heterocycles. The van der Waals surface area contributed by atoms with E-state index in [-0.39, 0.29) is 23.0 Å². The van der Waals surface area contributed by atoms with E-state index < -0.39 is 0 Å². The molecule has 102 valence electrons. The van der Waals surface area contributed by atoms with Crippen LogP contribution in [0.3, 0.4) is 0 Å². The van der Waals surface area contributed by atoms with Gasteiger partial charge in [0, 0.05) is 12.1 Å². The Balaban J connectivity index is 0.000000191. The minimum absolute atomic E-state index is 0.0955. The fraction of sp³-hybridized carbons (Fsp3) is 0.200. The average Bonchev–Trinajstić information content (AvgIpc) is 2.35. The number of rotatable bonds is 1. The van der Waals surface area contributed by atoms with Gasteiger partial charge in [-0.2, -0.15) is 0 Å². The van der Waals surface area contributed by atoms with Crippen molar-refractivity contribution in [2.75, 3.05) is 0 Å². The average molecular weight is 262 g/mol. The predicted molar refractivity (Wildman–Crippen MR) is 73.7 cm³/mol. The Labute approximate surface area is 112 Å². The number of benzene rings is 2. The summed E-state index contributed by atoms with van der Waals surface area (Å²) in [4.78, 5) is 0. The molecule has 0 amide bonds. The van der Waals surface area contributed by atoms with Gasteiger partial charge in [-0.25, -0.2) is 0 Å². The number of phenols is 4. The minimum atomic E-state index is 0.0955. The summed E-state index contributed by atoms with van der Waals surface area (Å²) in [5.41, 5.74) is 1.63. The van der Waals surface area contributed by atoms with Gasteiger partial charge in [-0.1, -0.05) is 19.1 Å². The maximum atomic E-state index is 9.13. The second kappa shape index (κ2) is 6.54. The minimum Gasteiger partial charge on any atom is -0.508 e. The molecule has 2 aromatic rings.